The summed E-state index contributed by atoms with van der Waals surface area (Å²) in [6, 6.07) is -0.133. The SMILES string of the molecule is CC(C)(C)OC(=O)[C@@H]1CC(N)CN1. The van der Waals surface area contributed by atoms with E-state index in [0.29, 0.717) is 13.0 Å². The number of esters is 1. The first-order valence-corrected chi connectivity index (χ1v) is 4.60. The lowest BCUT2D eigenvalue weighted by Gasteiger charge is -2.21. The fourth-order valence-corrected chi connectivity index (χ4v) is 1.32. The lowest BCUT2D eigenvalue weighted by atomic mass is 10.1. The van der Waals surface area contributed by atoms with Crippen molar-refractivity contribution in [2.45, 2.75) is 44.9 Å². The van der Waals surface area contributed by atoms with Gasteiger partial charge in [0.2, 0.25) is 0 Å². The van der Waals surface area contributed by atoms with Crippen molar-refractivity contribution in [2.75, 3.05) is 6.54 Å². The Balaban J connectivity index is 2.41. The van der Waals surface area contributed by atoms with Gasteiger partial charge in [0.05, 0.1) is 0 Å². The average molecular weight is 186 g/mol. The van der Waals surface area contributed by atoms with Crippen molar-refractivity contribution < 1.29 is 9.53 Å². The molecule has 0 spiro atoms. The van der Waals surface area contributed by atoms with Gasteiger partial charge in [-0.1, -0.05) is 0 Å². The molecule has 4 nitrogen and oxygen atoms in total. The van der Waals surface area contributed by atoms with Crippen molar-refractivity contribution in [1.29, 1.82) is 0 Å². The van der Waals surface area contributed by atoms with E-state index in [-0.39, 0.29) is 18.1 Å². The standard InChI is InChI=1S/C9H18N2O2/c1-9(2,3)13-8(12)7-4-6(10)5-11-7/h6-7,11H,4-5,10H2,1-3H3/t6?,7-/m0/s1. The Labute approximate surface area is 78.8 Å². The van der Waals surface area contributed by atoms with Gasteiger partial charge in [-0.15, -0.1) is 0 Å². The van der Waals surface area contributed by atoms with Gasteiger partial charge in [0, 0.05) is 12.6 Å². The zero-order valence-corrected chi connectivity index (χ0v) is 8.46. The number of ether oxygens (including phenoxy) is 1. The molecule has 1 heterocycles. The van der Waals surface area contributed by atoms with Crippen molar-refractivity contribution >= 4 is 5.97 Å². The van der Waals surface area contributed by atoms with Crippen LogP contribution in [0, 0.1) is 0 Å². The van der Waals surface area contributed by atoms with Crippen molar-refractivity contribution in [1.82, 2.24) is 5.32 Å². The average Bonchev–Trinajstić information content (AvgIpc) is 2.31. The Morgan fingerprint density at radius 1 is 1.54 bits per heavy atom. The van der Waals surface area contributed by atoms with Crippen molar-refractivity contribution in [3.8, 4) is 0 Å². The molecule has 0 aromatic carbocycles. The molecule has 1 saturated heterocycles. The summed E-state index contributed by atoms with van der Waals surface area (Å²) >= 11 is 0. The smallest absolute Gasteiger partial charge is 0.323 e. The van der Waals surface area contributed by atoms with E-state index in [1.165, 1.54) is 0 Å². The van der Waals surface area contributed by atoms with E-state index in [1.54, 1.807) is 0 Å². The second-order valence-electron chi connectivity index (χ2n) is 4.49. The van der Waals surface area contributed by atoms with Crippen LogP contribution < -0.4 is 11.1 Å². The van der Waals surface area contributed by atoms with Crippen LogP contribution in [0.25, 0.3) is 0 Å². The maximum atomic E-state index is 11.5. The van der Waals surface area contributed by atoms with Crippen molar-refractivity contribution in [2.24, 2.45) is 5.73 Å². The molecule has 2 atom stereocenters. The highest BCUT2D eigenvalue weighted by Crippen LogP contribution is 2.12. The summed E-state index contributed by atoms with van der Waals surface area (Å²) in [7, 11) is 0. The Kier molecular flexibility index (Phi) is 2.93. The molecular weight excluding hydrogens is 168 g/mol. The summed E-state index contributed by atoms with van der Waals surface area (Å²) in [5, 5.41) is 3.03. The molecular formula is C9H18N2O2. The van der Waals surface area contributed by atoms with Crippen molar-refractivity contribution in [3.63, 3.8) is 0 Å². The molecule has 3 N–H and O–H groups in total. The minimum Gasteiger partial charge on any atom is -0.459 e. The second-order valence-corrected chi connectivity index (χ2v) is 4.49. The number of nitrogens with two attached hydrogens (primary N) is 1. The molecule has 13 heavy (non-hydrogen) atoms. The van der Waals surface area contributed by atoms with Crippen LogP contribution in [0.15, 0.2) is 0 Å². The maximum absolute atomic E-state index is 11.5. The van der Waals surface area contributed by atoms with Crippen LogP contribution in [0.1, 0.15) is 27.2 Å². The van der Waals surface area contributed by atoms with E-state index >= 15 is 0 Å². The van der Waals surface area contributed by atoms with Crippen LogP contribution >= 0.6 is 0 Å². The van der Waals surface area contributed by atoms with Crippen LogP contribution in [0.4, 0.5) is 0 Å². The molecule has 0 bridgehead atoms. The highest BCUT2D eigenvalue weighted by molar-refractivity contribution is 5.76. The van der Waals surface area contributed by atoms with E-state index in [1.807, 2.05) is 20.8 Å². The van der Waals surface area contributed by atoms with Gasteiger partial charge in [-0.25, -0.2) is 0 Å². The third kappa shape index (κ3) is 3.32. The molecule has 0 aromatic heterocycles. The minimum absolute atomic E-state index is 0.0810. The molecule has 0 saturated carbocycles. The van der Waals surface area contributed by atoms with Crippen LogP contribution in [-0.2, 0) is 9.53 Å². The lowest BCUT2D eigenvalue weighted by Crippen LogP contribution is -2.37. The van der Waals surface area contributed by atoms with Crippen LogP contribution in [0.2, 0.25) is 0 Å². The zero-order chi connectivity index (χ0) is 10.1. The lowest BCUT2D eigenvalue weighted by molar-refractivity contribution is -0.157. The number of nitrogens with one attached hydrogen (secondary N) is 1. The van der Waals surface area contributed by atoms with Crippen LogP contribution in [0.5, 0.6) is 0 Å². The quantitative estimate of drug-likeness (QED) is 0.566. The Bertz CT molecular complexity index is 198. The largest absolute Gasteiger partial charge is 0.459 e. The third-order valence-corrected chi connectivity index (χ3v) is 1.86. The fourth-order valence-electron chi connectivity index (χ4n) is 1.32. The van der Waals surface area contributed by atoms with Crippen LogP contribution in [-0.4, -0.2) is 30.2 Å². The van der Waals surface area contributed by atoms with Gasteiger partial charge in [-0.05, 0) is 27.2 Å². The Hall–Kier alpha value is -0.610. The van der Waals surface area contributed by atoms with Crippen LogP contribution in [0.3, 0.4) is 0 Å². The molecule has 1 unspecified atom stereocenters. The number of carbonyl (C=O) groups excluding carboxylic acids is 1. The van der Waals surface area contributed by atoms with Gasteiger partial charge < -0.3 is 15.8 Å². The third-order valence-electron chi connectivity index (χ3n) is 1.86. The predicted molar refractivity (Wildman–Crippen MR) is 50.2 cm³/mol. The normalized spacial score (nSPS) is 28.9. The summed E-state index contributed by atoms with van der Waals surface area (Å²) in [5.41, 5.74) is 5.25. The number of carbonyl (C=O) groups is 1. The van der Waals surface area contributed by atoms with Gasteiger partial charge in [-0.2, -0.15) is 0 Å². The molecule has 1 aliphatic rings. The van der Waals surface area contributed by atoms with Gasteiger partial charge in [0.25, 0.3) is 0 Å². The summed E-state index contributed by atoms with van der Waals surface area (Å²) in [6.45, 7) is 6.28. The van der Waals surface area contributed by atoms with E-state index in [0.717, 1.165) is 0 Å². The summed E-state index contributed by atoms with van der Waals surface area (Å²) < 4.78 is 5.21. The molecule has 4 heteroatoms. The molecule has 76 valence electrons. The maximum Gasteiger partial charge on any atom is 0.323 e. The summed E-state index contributed by atoms with van der Waals surface area (Å²) in [6.07, 6.45) is 0.676. The summed E-state index contributed by atoms with van der Waals surface area (Å²) in [4.78, 5) is 11.5. The molecule has 1 fully saturated rings. The van der Waals surface area contributed by atoms with E-state index < -0.39 is 5.60 Å². The van der Waals surface area contributed by atoms with Gasteiger partial charge >= 0.3 is 5.97 Å². The molecule has 0 radical (unpaired) electrons. The monoisotopic (exact) mass is 186 g/mol. The van der Waals surface area contributed by atoms with E-state index in [4.69, 9.17) is 10.5 Å². The van der Waals surface area contributed by atoms with E-state index in [2.05, 4.69) is 5.32 Å². The Morgan fingerprint density at radius 3 is 2.54 bits per heavy atom. The second kappa shape index (κ2) is 3.64. The first-order chi connectivity index (χ1) is 5.88. The number of rotatable bonds is 1. The molecule has 0 aliphatic carbocycles. The molecule has 1 rings (SSSR count). The molecule has 0 aromatic rings. The number of hydrogen-bond donors (Lipinski definition) is 2. The predicted octanol–water partition coefficient (Wildman–Crippen LogP) is 0.0173. The zero-order valence-electron chi connectivity index (χ0n) is 8.46. The van der Waals surface area contributed by atoms with E-state index in [9.17, 15) is 4.79 Å². The fraction of sp³-hybridized carbons (Fsp3) is 0.889. The topological polar surface area (TPSA) is 64.3 Å². The summed E-state index contributed by atoms with van der Waals surface area (Å²) in [5.74, 6) is -0.194. The first-order valence-electron chi connectivity index (χ1n) is 4.60. The number of hydrogen-bond acceptors (Lipinski definition) is 4. The highest BCUT2D eigenvalue weighted by atomic mass is 16.6. The van der Waals surface area contributed by atoms with Gasteiger partial charge in [0.15, 0.2) is 0 Å². The Morgan fingerprint density at radius 2 is 2.15 bits per heavy atom. The minimum atomic E-state index is -0.411. The first kappa shape index (κ1) is 10.5. The molecule has 0 amide bonds. The molecule has 1 aliphatic heterocycles. The van der Waals surface area contributed by atoms with Crippen molar-refractivity contribution in [3.05, 3.63) is 0 Å². The highest BCUT2D eigenvalue weighted by Gasteiger charge is 2.30. The van der Waals surface area contributed by atoms with Gasteiger partial charge in [0.1, 0.15) is 11.6 Å². The van der Waals surface area contributed by atoms with Gasteiger partial charge in [-0.3, -0.25) is 4.79 Å².